The first kappa shape index (κ1) is 16.0. The summed E-state index contributed by atoms with van der Waals surface area (Å²) in [7, 11) is 3.77. The quantitative estimate of drug-likeness (QED) is 0.923. The number of anilines is 1. The molecule has 22 heavy (non-hydrogen) atoms. The van der Waals surface area contributed by atoms with Crippen LogP contribution in [0.15, 0.2) is 48.7 Å². The molecule has 0 fully saturated rings. The van der Waals surface area contributed by atoms with Crippen LogP contribution in [0.4, 0.5) is 5.82 Å². The maximum Gasteiger partial charge on any atom is 0.255 e. The summed E-state index contributed by atoms with van der Waals surface area (Å²) < 4.78 is 0. The van der Waals surface area contributed by atoms with Crippen LogP contribution in [-0.2, 0) is 6.42 Å². The van der Waals surface area contributed by atoms with Crippen LogP contribution in [0.25, 0.3) is 0 Å². The van der Waals surface area contributed by atoms with Crippen molar-refractivity contribution in [1.82, 2.24) is 10.3 Å². The predicted octanol–water partition coefficient (Wildman–Crippen LogP) is 2.90. The molecule has 1 aromatic carbocycles. The monoisotopic (exact) mass is 297 g/mol. The van der Waals surface area contributed by atoms with Gasteiger partial charge in [0, 0.05) is 25.8 Å². The molecule has 0 spiro atoms. The van der Waals surface area contributed by atoms with Crippen LogP contribution in [0.5, 0.6) is 0 Å². The van der Waals surface area contributed by atoms with E-state index < -0.39 is 0 Å². The van der Waals surface area contributed by atoms with E-state index in [0.717, 1.165) is 6.42 Å². The highest BCUT2D eigenvalue weighted by molar-refractivity contribution is 5.99. The first-order valence-electron chi connectivity index (χ1n) is 7.38. The Morgan fingerprint density at radius 1 is 1.14 bits per heavy atom. The molecule has 0 unspecified atom stereocenters. The zero-order chi connectivity index (χ0) is 16.2. The third-order valence-corrected chi connectivity index (χ3v) is 3.40. The fourth-order valence-corrected chi connectivity index (χ4v) is 2.46. The molecule has 4 heteroatoms. The Morgan fingerprint density at radius 3 is 2.45 bits per heavy atom. The van der Waals surface area contributed by atoms with Gasteiger partial charge in [0.25, 0.3) is 5.91 Å². The number of hydrogen-bond donors (Lipinski definition) is 1. The van der Waals surface area contributed by atoms with Gasteiger partial charge in [0.1, 0.15) is 5.82 Å². The number of carbonyl (C=O) groups is 1. The van der Waals surface area contributed by atoms with Crippen molar-refractivity contribution in [2.75, 3.05) is 19.0 Å². The van der Waals surface area contributed by atoms with Crippen molar-refractivity contribution >= 4 is 11.7 Å². The standard InChI is InChI=1S/C18H23N3O/c1-18(2,13-14-9-6-5-7-10-14)20-17(22)15-11-8-12-19-16(15)21(3)4/h5-12H,13H2,1-4H3,(H,20,22). The molecule has 1 heterocycles. The van der Waals surface area contributed by atoms with Gasteiger partial charge in [-0.3, -0.25) is 4.79 Å². The van der Waals surface area contributed by atoms with Crippen LogP contribution in [-0.4, -0.2) is 30.5 Å². The number of nitrogens with one attached hydrogen (secondary N) is 1. The molecule has 0 saturated carbocycles. The summed E-state index contributed by atoms with van der Waals surface area (Å²) in [5.41, 5.74) is 1.46. The molecule has 0 radical (unpaired) electrons. The third kappa shape index (κ3) is 4.07. The molecular weight excluding hydrogens is 274 g/mol. The lowest BCUT2D eigenvalue weighted by atomic mass is 9.94. The molecule has 1 N–H and O–H groups in total. The topological polar surface area (TPSA) is 45.2 Å². The lowest BCUT2D eigenvalue weighted by Crippen LogP contribution is -2.45. The summed E-state index contributed by atoms with van der Waals surface area (Å²) in [5, 5.41) is 3.11. The van der Waals surface area contributed by atoms with Gasteiger partial charge in [-0.1, -0.05) is 30.3 Å². The minimum atomic E-state index is -0.335. The van der Waals surface area contributed by atoms with Crippen LogP contribution < -0.4 is 10.2 Å². The Hall–Kier alpha value is -2.36. The van der Waals surface area contributed by atoms with Gasteiger partial charge in [-0.2, -0.15) is 0 Å². The summed E-state index contributed by atoms with van der Waals surface area (Å²) >= 11 is 0. The molecule has 0 atom stereocenters. The van der Waals surface area contributed by atoms with Gasteiger partial charge in [-0.25, -0.2) is 4.98 Å². The number of amides is 1. The number of aromatic nitrogens is 1. The largest absolute Gasteiger partial charge is 0.362 e. The highest BCUT2D eigenvalue weighted by atomic mass is 16.1. The van der Waals surface area contributed by atoms with Gasteiger partial charge >= 0.3 is 0 Å². The van der Waals surface area contributed by atoms with E-state index >= 15 is 0 Å². The predicted molar refractivity (Wildman–Crippen MR) is 90.3 cm³/mol. The van der Waals surface area contributed by atoms with Crippen LogP contribution in [0.2, 0.25) is 0 Å². The van der Waals surface area contributed by atoms with Crippen molar-refractivity contribution in [3.8, 4) is 0 Å². The minimum Gasteiger partial charge on any atom is -0.362 e. The summed E-state index contributed by atoms with van der Waals surface area (Å²) in [5.74, 6) is 0.577. The van der Waals surface area contributed by atoms with E-state index in [1.54, 1.807) is 18.3 Å². The number of hydrogen-bond acceptors (Lipinski definition) is 3. The summed E-state index contributed by atoms with van der Waals surface area (Å²) in [6.07, 6.45) is 2.47. The average Bonchev–Trinajstić information content (AvgIpc) is 2.47. The van der Waals surface area contributed by atoms with E-state index in [0.29, 0.717) is 11.4 Å². The smallest absolute Gasteiger partial charge is 0.255 e. The van der Waals surface area contributed by atoms with Gasteiger partial charge in [0.2, 0.25) is 0 Å². The van der Waals surface area contributed by atoms with Crippen molar-refractivity contribution in [2.24, 2.45) is 0 Å². The number of pyridine rings is 1. The fourth-order valence-electron chi connectivity index (χ4n) is 2.46. The second-order valence-corrected chi connectivity index (χ2v) is 6.27. The molecule has 2 aromatic rings. The lowest BCUT2D eigenvalue weighted by molar-refractivity contribution is 0.0913. The van der Waals surface area contributed by atoms with Gasteiger partial charge in [-0.05, 0) is 38.0 Å². The summed E-state index contributed by atoms with van der Waals surface area (Å²) in [6, 6.07) is 13.7. The lowest BCUT2D eigenvalue weighted by Gasteiger charge is -2.27. The first-order valence-corrected chi connectivity index (χ1v) is 7.38. The Morgan fingerprint density at radius 2 is 1.82 bits per heavy atom. The highest BCUT2D eigenvalue weighted by Gasteiger charge is 2.23. The second kappa shape index (κ2) is 6.60. The molecule has 116 valence electrons. The Kier molecular flexibility index (Phi) is 4.81. The maximum atomic E-state index is 12.6. The van der Waals surface area contributed by atoms with Crippen LogP contribution in [0, 0.1) is 0 Å². The highest BCUT2D eigenvalue weighted by Crippen LogP contribution is 2.17. The molecule has 0 aliphatic carbocycles. The molecule has 0 aliphatic heterocycles. The Bertz CT molecular complexity index is 636. The number of benzene rings is 1. The SMILES string of the molecule is CN(C)c1ncccc1C(=O)NC(C)(C)Cc1ccccc1. The van der Waals surface area contributed by atoms with Crippen molar-refractivity contribution in [2.45, 2.75) is 25.8 Å². The zero-order valence-corrected chi connectivity index (χ0v) is 13.6. The van der Waals surface area contributed by atoms with Gasteiger partial charge in [0.15, 0.2) is 0 Å². The summed E-state index contributed by atoms with van der Waals surface area (Å²) in [4.78, 5) is 18.7. The van der Waals surface area contributed by atoms with E-state index in [2.05, 4.69) is 22.4 Å². The van der Waals surface area contributed by atoms with E-state index in [4.69, 9.17) is 0 Å². The van der Waals surface area contributed by atoms with Gasteiger partial charge in [0.05, 0.1) is 5.56 Å². The van der Waals surface area contributed by atoms with Gasteiger partial charge in [-0.15, -0.1) is 0 Å². The van der Waals surface area contributed by atoms with Crippen molar-refractivity contribution in [3.05, 3.63) is 59.8 Å². The molecule has 0 bridgehead atoms. The van der Waals surface area contributed by atoms with Crippen molar-refractivity contribution < 1.29 is 4.79 Å². The number of carbonyl (C=O) groups excluding carboxylic acids is 1. The van der Waals surface area contributed by atoms with E-state index in [1.807, 2.05) is 51.0 Å². The Balaban J connectivity index is 2.14. The van der Waals surface area contributed by atoms with Gasteiger partial charge < -0.3 is 10.2 Å². The molecule has 2 rings (SSSR count). The number of rotatable bonds is 5. The molecule has 0 saturated heterocycles. The van der Waals surface area contributed by atoms with Crippen molar-refractivity contribution in [1.29, 1.82) is 0 Å². The van der Waals surface area contributed by atoms with Crippen LogP contribution >= 0.6 is 0 Å². The normalized spacial score (nSPS) is 11.1. The molecule has 1 amide bonds. The van der Waals surface area contributed by atoms with Crippen LogP contribution in [0.1, 0.15) is 29.8 Å². The second-order valence-electron chi connectivity index (χ2n) is 6.27. The van der Waals surface area contributed by atoms with Crippen molar-refractivity contribution in [3.63, 3.8) is 0 Å². The van der Waals surface area contributed by atoms with E-state index in [9.17, 15) is 4.79 Å². The summed E-state index contributed by atoms with van der Waals surface area (Å²) in [6.45, 7) is 4.06. The Labute approximate surface area is 132 Å². The maximum absolute atomic E-state index is 12.6. The minimum absolute atomic E-state index is 0.0993. The average molecular weight is 297 g/mol. The molecular formula is C18H23N3O. The van der Waals surface area contributed by atoms with E-state index in [-0.39, 0.29) is 11.4 Å². The number of nitrogens with zero attached hydrogens (tertiary/aromatic N) is 2. The molecule has 0 aliphatic rings. The fraction of sp³-hybridized carbons (Fsp3) is 0.333. The zero-order valence-electron chi connectivity index (χ0n) is 13.6. The third-order valence-electron chi connectivity index (χ3n) is 3.40. The van der Waals surface area contributed by atoms with Crippen LogP contribution in [0.3, 0.4) is 0 Å². The molecule has 1 aromatic heterocycles. The molecule has 4 nitrogen and oxygen atoms in total. The van der Waals surface area contributed by atoms with E-state index in [1.165, 1.54) is 5.56 Å². The first-order chi connectivity index (χ1) is 10.4.